The second-order valence-corrected chi connectivity index (χ2v) is 6.03. The van der Waals surface area contributed by atoms with Crippen molar-refractivity contribution < 1.29 is 28.3 Å². The van der Waals surface area contributed by atoms with Crippen LogP contribution in [0.3, 0.4) is 0 Å². The Labute approximate surface area is 136 Å². The van der Waals surface area contributed by atoms with Crippen molar-refractivity contribution in [2.45, 2.75) is 25.3 Å². The molecule has 0 aromatic heterocycles. The number of halogens is 2. The summed E-state index contributed by atoms with van der Waals surface area (Å²) in [4.78, 5) is 38.3. The number of anilines is 1. The van der Waals surface area contributed by atoms with Crippen LogP contribution in [0.25, 0.3) is 0 Å². The summed E-state index contributed by atoms with van der Waals surface area (Å²) in [6.07, 6.45) is 0.871. The fraction of sp³-hybridized carbons (Fsp3) is 0.438. The summed E-state index contributed by atoms with van der Waals surface area (Å²) in [7, 11) is 0. The van der Waals surface area contributed by atoms with Gasteiger partial charge in [0.1, 0.15) is 17.7 Å². The number of aliphatic carboxylic acids is 1. The number of nitrogens with zero attached hydrogens (tertiary/aromatic N) is 2. The summed E-state index contributed by atoms with van der Waals surface area (Å²) >= 11 is 0. The molecule has 1 aromatic carbocycles. The summed E-state index contributed by atoms with van der Waals surface area (Å²) in [5.74, 6) is -4.25. The molecule has 0 saturated carbocycles. The van der Waals surface area contributed by atoms with E-state index in [1.807, 2.05) is 0 Å². The number of carboxylic acids is 1. The number of benzene rings is 1. The molecule has 2 aliphatic rings. The van der Waals surface area contributed by atoms with Crippen molar-refractivity contribution in [3.05, 3.63) is 29.8 Å². The minimum absolute atomic E-state index is 0.0386. The number of amides is 2. The molecule has 1 N–H and O–H groups in total. The maximum Gasteiger partial charge on any atom is 0.326 e. The average molecular weight is 338 g/mol. The lowest BCUT2D eigenvalue weighted by atomic mass is 10.1. The Hall–Kier alpha value is -2.51. The highest BCUT2D eigenvalue weighted by atomic mass is 19.1. The smallest absolute Gasteiger partial charge is 0.326 e. The van der Waals surface area contributed by atoms with Gasteiger partial charge in [0.05, 0.1) is 11.6 Å². The number of likely N-dealkylation sites (tertiary alicyclic amines) is 1. The Balaban J connectivity index is 1.77. The van der Waals surface area contributed by atoms with E-state index in [-0.39, 0.29) is 18.7 Å². The topological polar surface area (TPSA) is 77.9 Å². The largest absolute Gasteiger partial charge is 0.480 e. The van der Waals surface area contributed by atoms with E-state index >= 15 is 0 Å². The van der Waals surface area contributed by atoms with Crippen molar-refractivity contribution in [3.8, 4) is 0 Å². The Morgan fingerprint density at radius 3 is 2.67 bits per heavy atom. The molecule has 2 aliphatic heterocycles. The summed E-state index contributed by atoms with van der Waals surface area (Å²) in [5.41, 5.74) is -0.0760. The lowest BCUT2D eigenvalue weighted by Crippen LogP contribution is -2.44. The fourth-order valence-corrected chi connectivity index (χ4v) is 3.33. The lowest BCUT2D eigenvalue weighted by Gasteiger charge is -2.24. The number of rotatable bonds is 3. The Morgan fingerprint density at radius 2 is 2.00 bits per heavy atom. The zero-order valence-corrected chi connectivity index (χ0v) is 12.7. The van der Waals surface area contributed by atoms with Crippen molar-refractivity contribution >= 4 is 23.5 Å². The number of hydrogen-bond acceptors (Lipinski definition) is 3. The first kappa shape index (κ1) is 16.4. The van der Waals surface area contributed by atoms with Gasteiger partial charge in [0.2, 0.25) is 11.8 Å². The van der Waals surface area contributed by atoms with E-state index in [0.29, 0.717) is 25.5 Å². The van der Waals surface area contributed by atoms with Gasteiger partial charge in [0, 0.05) is 25.6 Å². The van der Waals surface area contributed by atoms with Gasteiger partial charge in [-0.05, 0) is 25.0 Å². The van der Waals surface area contributed by atoms with Crippen LogP contribution in [0.5, 0.6) is 0 Å². The van der Waals surface area contributed by atoms with Crippen molar-refractivity contribution in [1.82, 2.24) is 4.90 Å². The highest BCUT2D eigenvalue weighted by Gasteiger charge is 2.42. The van der Waals surface area contributed by atoms with Crippen LogP contribution in [0.2, 0.25) is 0 Å². The summed E-state index contributed by atoms with van der Waals surface area (Å²) < 4.78 is 26.9. The predicted octanol–water partition coefficient (Wildman–Crippen LogP) is 1.39. The first-order valence-corrected chi connectivity index (χ1v) is 7.67. The van der Waals surface area contributed by atoms with Gasteiger partial charge in [0.25, 0.3) is 0 Å². The van der Waals surface area contributed by atoms with Gasteiger partial charge in [-0.25, -0.2) is 13.6 Å². The minimum Gasteiger partial charge on any atom is -0.480 e. The fourth-order valence-electron chi connectivity index (χ4n) is 3.33. The van der Waals surface area contributed by atoms with Gasteiger partial charge in [-0.2, -0.15) is 0 Å². The Morgan fingerprint density at radius 1 is 1.25 bits per heavy atom. The highest BCUT2D eigenvalue weighted by molar-refractivity contribution is 6.01. The van der Waals surface area contributed by atoms with Gasteiger partial charge in [-0.15, -0.1) is 0 Å². The monoisotopic (exact) mass is 338 g/mol. The van der Waals surface area contributed by atoms with Crippen molar-refractivity contribution in [2.75, 3.05) is 18.0 Å². The van der Waals surface area contributed by atoms with Gasteiger partial charge in [-0.1, -0.05) is 0 Å². The van der Waals surface area contributed by atoms with Crippen LogP contribution < -0.4 is 4.90 Å². The molecule has 8 heteroatoms. The quantitative estimate of drug-likeness (QED) is 0.903. The second-order valence-electron chi connectivity index (χ2n) is 6.03. The molecule has 1 unspecified atom stereocenters. The molecule has 1 aromatic rings. The minimum atomic E-state index is -1.06. The number of carboxylic acid groups (broad SMARTS) is 1. The van der Waals surface area contributed by atoms with Gasteiger partial charge < -0.3 is 14.9 Å². The molecule has 2 saturated heterocycles. The van der Waals surface area contributed by atoms with Crippen LogP contribution in [-0.4, -0.2) is 46.9 Å². The van der Waals surface area contributed by atoms with Crippen LogP contribution in [-0.2, 0) is 14.4 Å². The second kappa shape index (κ2) is 6.18. The maximum absolute atomic E-state index is 13.9. The molecule has 3 rings (SSSR count). The Bertz CT molecular complexity index is 709. The van der Waals surface area contributed by atoms with Gasteiger partial charge in [0.15, 0.2) is 0 Å². The third-order valence-electron chi connectivity index (χ3n) is 4.50. The average Bonchev–Trinajstić information content (AvgIpc) is 3.13. The molecule has 0 spiro atoms. The van der Waals surface area contributed by atoms with Gasteiger partial charge >= 0.3 is 5.97 Å². The van der Waals surface area contributed by atoms with E-state index in [2.05, 4.69) is 0 Å². The van der Waals surface area contributed by atoms with Crippen LogP contribution in [0, 0.1) is 17.6 Å². The highest BCUT2D eigenvalue weighted by Crippen LogP contribution is 2.30. The molecule has 0 radical (unpaired) electrons. The third-order valence-corrected chi connectivity index (χ3v) is 4.50. The zero-order valence-electron chi connectivity index (χ0n) is 12.7. The molecule has 6 nitrogen and oxygen atoms in total. The van der Waals surface area contributed by atoms with Crippen LogP contribution in [0.1, 0.15) is 19.3 Å². The summed E-state index contributed by atoms with van der Waals surface area (Å²) in [6.45, 7) is 0.300. The van der Waals surface area contributed by atoms with Crippen LogP contribution >= 0.6 is 0 Å². The molecular formula is C16H16F2N2O4. The lowest BCUT2D eigenvalue weighted by molar-refractivity contribution is -0.149. The van der Waals surface area contributed by atoms with Crippen molar-refractivity contribution in [2.24, 2.45) is 5.92 Å². The van der Waals surface area contributed by atoms with E-state index in [1.165, 1.54) is 4.90 Å². The zero-order chi connectivity index (χ0) is 17.4. The van der Waals surface area contributed by atoms with Crippen molar-refractivity contribution in [1.29, 1.82) is 0 Å². The molecule has 0 bridgehead atoms. The third kappa shape index (κ3) is 2.83. The van der Waals surface area contributed by atoms with E-state index in [4.69, 9.17) is 5.11 Å². The van der Waals surface area contributed by atoms with E-state index in [9.17, 15) is 23.2 Å². The molecule has 2 heterocycles. The first-order valence-electron chi connectivity index (χ1n) is 7.67. The number of carbonyl (C=O) groups is 3. The summed E-state index contributed by atoms with van der Waals surface area (Å²) in [6, 6.07) is 2.01. The standard InChI is InChI=1S/C16H16F2N2O4/c17-10-3-4-12(11(18)7-10)20-8-9(6-14(20)21)15(22)19-5-1-2-13(19)16(23)24/h3-4,7,9,13H,1-2,5-6,8H2,(H,23,24)/t9?,13-/m1/s1. The molecule has 0 aliphatic carbocycles. The number of carbonyl (C=O) groups excluding carboxylic acids is 2. The molecule has 2 amide bonds. The van der Waals surface area contributed by atoms with Crippen molar-refractivity contribution in [3.63, 3.8) is 0 Å². The van der Waals surface area contributed by atoms with E-state index < -0.39 is 41.4 Å². The predicted molar refractivity (Wildman–Crippen MR) is 79.2 cm³/mol. The van der Waals surface area contributed by atoms with E-state index in [0.717, 1.165) is 17.0 Å². The van der Waals surface area contributed by atoms with Crippen LogP contribution in [0.4, 0.5) is 14.5 Å². The molecule has 128 valence electrons. The summed E-state index contributed by atoms with van der Waals surface area (Å²) in [5, 5.41) is 9.16. The first-order chi connectivity index (χ1) is 11.4. The molecule has 24 heavy (non-hydrogen) atoms. The maximum atomic E-state index is 13.9. The molecular weight excluding hydrogens is 322 g/mol. The number of hydrogen-bond donors (Lipinski definition) is 1. The molecule has 2 fully saturated rings. The Kier molecular flexibility index (Phi) is 4.21. The molecule has 2 atom stereocenters. The normalized spacial score (nSPS) is 23.8. The van der Waals surface area contributed by atoms with Crippen LogP contribution in [0.15, 0.2) is 18.2 Å². The SMILES string of the molecule is O=C(O)[C@H]1CCCN1C(=O)C1CC(=O)N(c2ccc(F)cc2F)C1. The van der Waals surface area contributed by atoms with E-state index in [1.54, 1.807) is 0 Å². The van der Waals surface area contributed by atoms with Gasteiger partial charge in [-0.3, -0.25) is 9.59 Å².